The Labute approximate surface area is 151 Å². The van der Waals surface area contributed by atoms with Gasteiger partial charge in [-0.15, -0.1) is 0 Å². The molecular formula is C20H21FN4O. The summed E-state index contributed by atoms with van der Waals surface area (Å²) in [6, 6.07) is 7.66. The molecule has 0 radical (unpaired) electrons. The summed E-state index contributed by atoms with van der Waals surface area (Å²) >= 11 is 0. The molecule has 3 heterocycles. The predicted octanol–water partition coefficient (Wildman–Crippen LogP) is 4.50. The van der Waals surface area contributed by atoms with Crippen LogP contribution in [0.4, 0.5) is 15.9 Å². The number of aromatic nitrogens is 3. The first-order valence-corrected chi connectivity index (χ1v) is 9.33. The zero-order chi connectivity index (χ0) is 17.5. The summed E-state index contributed by atoms with van der Waals surface area (Å²) in [5.74, 6) is -0.118. The molecule has 0 bridgehead atoms. The van der Waals surface area contributed by atoms with Crippen molar-refractivity contribution in [3.8, 4) is 0 Å². The fourth-order valence-electron chi connectivity index (χ4n) is 4.03. The number of hydrogen-bond acceptors (Lipinski definition) is 4. The fraction of sp³-hybridized carbons (Fsp3) is 0.400. The number of hydrogen-bond donors (Lipinski definition) is 1. The van der Waals surface area contributed by atoms with Crippen LogP contribution >= 0.6 is 0 Å². The summed E-state index contributed by atoms with van der Waals surface area (Å²) < 4.78 is 22.2. The lowest BCUT2D eigenvalue weighted by Crippen LogP contribution is -2.19. The number of nitrogens with zero attached hydrogens (tertiary/aromatic N) is 3. The topological polar surface area (TPSA) is 52.0 Å². The van der Waals surface area contributed by atoms with Gasteiger partial charge in [0.25, 0.3) is 0 Å². The SMILES string of the molecule is Fc1cc2cnn(C3CCCCO3)c2nc1Nc1cccc2c1CCC2. The number of fused-ring (bicyclic) bond motifs is 2. The Kier molecular flexibility index (Phi) is 3.85. The zero-order valence-electron chi connectivity index (χ0n) is 14.5. The van der Waals surface area contributed by atoms with E-state index in [1.54, 1.807) is 10.9 Å². The first-order chi connectivity index (χ1) is 12.8. The molecule has 5 rings (SSSR count). The molecule has 1 aromatic carbocycles. The third-order valence-corrected chi connectivity index (χ3v) is 5.35. The van der Waals surface area contributed by atoms with Gasteiger partial charge in [-0.2, -0.15) is 5.10 Å². The molecular weight excluding hydrogens is 331 g/mol. The molecule has 5 nitrogen and oxygen atoms in total. The molecule has 1 unspecified atom stereocenters. The number of benzene rings is 1. The van der Waals surface area contributed by atoms with Crippen LogP contribution in [0.3, 0.4) is 0 Å². The molecule has 6 heteroatoms. The number of aryl methyl sites for hydroxylation is 1. The van der Waals surface area contributed by atoms with Crippen molar-refractivity contribution < 1.29 is 9.13 Å². The number of halogens is 1. The van der Waals surface area contributed by atoms with Gasteiger partial charge in [-0.25, -0.2) is 14.1 Å². The van der Waals surface area contributed by atoms with Crippen LogP contribution in [-0.4, -0.2) is 21.4 Å². The van der Waals surface area contributed by atoms with E-state index in [-0.39, 0.29) is 17.9 Å². The average molecular weight is 352 g/mol. The van der Waals surface area contributed by atoms with Crippen LogP contribution in [0.2, 0.25) is 0 Å². The van der Waals surface area contributed by atoms with E-state index in [9.17, 15) is 4.39 Å². The molecule has 0 saturated carbocycles. The summed E-state index contributed by atoms with van der Waals surface area (Å²) in [5.41, 5.74) is 4.23. The first kappa shape index (κ1) is 15.8. The largest absolute Gasteiger partial charge is 0.356 e. The highest BCUT2D eigenvalue weighted by Gasteiger charge is 2.21. The van der Waals surface area contributed by atoms with Crippen molar-refractivity contribution >= 4 is 22.5 Å². The Balaban J connectivity index is 1.53. The third-order valence-electron chi connectivity index (χ3n) is 5.35. The maximum Gasteiger partial charge on any atom is 0.169 e. The molecule has 1 fully saturated rings. The number of nitrogens with one attached hydrogen (secondary N) is 1. The smallest absolute Gasteiger partial charge is 0.169 e. The van der Waals surface area contributed by atoms with Gasteiger partial charge in [0.1, 0.15) is 0 Å². The van der Waals surface area contributed by atoms with Crippen molar-refractivity contribution in [3.05, 3.63) is 47.4 Å². The lowest BCUT2D eigenvalue weighted by Gasteiger charge is -2.23. The zero-order valence-corrected chi connectivity index (χ0v) is 14.5. The molecule has 0 amide bonds. The van der Waals surface area contributed by atoms with Crippen molar-refractivity contribution in [1.29, 1.82) is 0 Å². The monoisotopic (exact) mass is 352 g/mol. The van der Waals surface area contributed by atoms with Crippen LogP contribution in [0.5, 0.6) is 0 Å². The fourth-order valence-corrected chi connectivity index (χ4v) is 4.03. The maximum absolute atomic E-state index is 14.6. The molecule has 1 aliphatic heterocycles. The predicted molar refractivity (Wildman–Crippen MR) is 98.1 cm³/mol. The second-order valence-electron chi connectivity index (χ2n) is 7.06. The highest BCUT2D eigenvalue weighted by molar-refractivity contribution is 5.78. The van der Waals surface area contributed by atoms with Crippen molar-refractivity contribution in [2.24, 2.45) is 0 Å². The van der Waals surface area contributed by atoms with Gasteiger partial charge in [0.05, 0.1) is 6.20 Å². The minimum Gasteiger partial charge on any atom is -0.356 e. The van der Waals surface area contributed by atoms with E-state index in [2.05, 4.69) is 21.5 Å². The first-order valence-electron chi connectivity index (χ1n) is 9.33. The average Bonchev–Trinajstić information content (AvgIpc) is 3.30. The summed E-state index contributed by atoms with van der Waals surface area (Å²) in [6.07, 6.45) is 7.89. The summed E-state index contributed by atoms with van der Waals surface area (Å²) in [5, 5.41) is 8.31. The quantitative estimate of drug-likeness (QED) is 0.754. The van der Waals surface area contributed by atoms with Crippen molar-refractivity contribution in [1.82, 2.24) is 14.8 Å². The number of pyridine rings is 1. The van der Waals surface area contributed by atoms with Gasteiger partial charge >= 0.3 is 0 Å². The lowest BCUT2D eigenvalue weighted by molar-refractivity contribution is -0.0370. The van der Waals surface area contributed by atoms with E-state index in [4.69, 9.17) is 4.74 Å². The van der Waals surface area contributed by atoms with E-state index >= 15 is 0 Å². The minimum atomic E-state index is -0.364. The molecule has 2 aromatic heterocycles. The Morgan fingerprint density at radius 2 is 2.15 bits per heavy atom. The Hall–Kier alpha value is -2.47. The van der Waals surface area contributed by atoms with Gasteiger partial charge in [0.15, 0.2) is 23.5 Å². The van der Waals surface area contributed by atoms with Gasteiger partial charge in [0.2, 0.25) is 0 Å². The molecule has 1 N–H and O–H groups in total. The molecule has 0 spiro atoms. The third kappa shape index (κ3) is 2.65. The van der Waals surface area contributed by atoms with Crippen LogP contribution in [0.25, 0.3) is 11.0 Å². The van der Waals surface area contributed by atoms with Gasteiger partial charge in [-0.05, 0) is 61.8 Å². The van der Waals surface area contributed by atoms with Crippen LogP contribution in [0.1, 0.15) is 43.0 Å². The van der Waals surface area contributed by atoms with Crippen LogP contribution in [0.15, 0.2) is 30.5 Å². The lowest BCUT2D eigenvalue weighted by atomic mass is 10.1. The van der Waals surface area contributed by atoms with E-state index < -0.39 is 0 Å². The second-order valence-corrected chi connectivity index (χ2v) is 7.06. The maximum atomic E-state index is 14.6. The van der Waals surface area contributed by atoms with Crippen LogP contribution in [-0.2, 0) is 17.6 Å². The molecule has 1 atom stereocenters. The molecule has 134 valence electrons. The standard InChI is InChI=1S/C20H21FN4O/c21-16-11-14-12-22-25(18-9-1-2-10-26-18)20(14)24-19(16)23-17-8-4-6-13-5-3-7-15(13)17/h4,6,8,11-12,18H,1-3,5,7,9-10H2,(H,23,24). The van der Waals surface area contributed by atoms with Crippen molar-refractivity contribution in [2.75, 3.05) is 11.9 Å². The highest BCUT2D eigenvalue weighted by atomic mass is 19.1. The van der Waals surface area contributed by atoms with Crippen molar-refractivity contribution in [2.45, 2.75) is 44.8 Å². The van der Waals surface area contributed by atoms with Crippen molar-refractivity contribution in [3.63, 3.8) is 0 Å². The Morgan fingerprint density at radius 1 is 1.19 bits per heavy atom. The molecule has 26 heavy (non-hydrogen) atoms. The van der Waals surface area contributed by atoms with Gasteiger partial charge < -0.3 is 10.1 Å². The van der Waals surface area contributed by atoms with E-state index in [0.29, 0.717) is 11.0 Å². The molecule has 3 aromatic rings. The summed E-state index contributed by atoms with van der Waals surface area (Å²) in [6.45, 7) is 0.731. The normalized spacial score (nSPS) is 19.7. The molecule has 1 aliphatic carbocycles. The molecule has 2 aliphatic rings. The van der Waals surface area contributed by atoms with Crippen LogP contribution in [0, 0.1) is 5.82 Å². The number of ether oxygens (including phenoxy) is 1. The number of rotatable bonds is 3. The van der Waals surface area contributed by atoms with Gasteiger partial charge in [0, 0.05) is 17.7 Å². The second kappa shape index (κ2) is 6.36. The minimum absolute atomic E-state index is 0.118. The van der Waals surface area contributed by atoms with Gasteiger partial charge in [-0.3, -0.25) is 0 Å². The van der Waals surface area contributed by atoms with E-state index in [1.807, 2.05) is 12.1 Å². The summed E-state index contributed by atoms with van der Waals surface area (Å²) in [4.78, 5) is 4.57. The van der Waals surface area contributed by atoms with E-state index in [0.717, 1.165) is 50.8 Å². The summed E-state index contributed by atoms with van der Waals surface area (Å²) in [7, 11) is 0. The number of anilines is 2. The van der Waals surface area contributed by atoms with Crippen LogP contribution < -0.4 is 5.32 Å². The Morgan fingerprint density at radius 3 is 3.04 bits per heavy atom. The highest BCUT2D eigenvalue weighted by Crippen LogP contribution is 2.32. The van der Waals surface area contributed by atoms with Gasteiger partial charge in [-0.1, -0.05) is 12.1 Å². The molecule has 1 saturated heterocycles. The Bertz CT molecular complexity index is 962. The van der Waals surface area contributed by atoms with E-state index in [1.165, 1.54) is 17.2 Å².